The molecule has 0 spiro atoms. The zero-order valence-electron chi connectivity index (χ0n) is 12.6. The first-order chi connectivity index (χ1) is 9.35. The summed E-state index contributed by atoms with van der Waals surface area (Å²) < 4.78 is 5.34. The molecule has 6 nitrogen and oxygen atoms in total. The van der Waals surface area contributed by atoms with E-state index in [1.165, 1.54) is 0 Å². The van der Waals surface area contributed by atoms with Crippen LogP contribution in [0.15, 0.2) is 0 Å². The van der Waals surface area contributed by atoms with Gasteiger partial charge in [-0.3, -0.25) is 0 Å². The predicted octanol–water partition coefficient (Wildman–Crippen LogP) is 1.84. The van der Waals surface area contributed by atoms with Crippen molar-refractivity contribution in [1.82, 2.24) is 15.0 Å². The Morgan fingerprint density at radius 1 is 1.20 bits per heavy atom. The van der Waals surface area contributed by atoms with Gasteiger partial charge >= 0.3 is 0 Å². The number of anilines is 2. The van der Waals surface area contributed by atoms with Gasteiger partial charge in [-0.25, -0.2) is 0 Å². The van der Waals surface area contributed by atoms with Gasteiger partial charge in [-0.2, -0.15) is 15.0 Å². The molecular formula is C13H22ClN5O. The van der Waals surface area contributed by atoms with Gasteiger partial charge in [0.15, 0.2) is 0 Å². The number of hydrogen-bond acceptors (Lipinski definition) is 6. The third-order valence-electron chi connectivity index (χ3n) is 2.93. The summed E-state index contributed by atoms with van der Waals surface area (Å²) in [5.41, 5.74) is 0.160. The average Bonchev–Trinajstić information content (AvgIpc) is 2.37. The molecule has 7 heteroatoms. The fraction of sp³-hybridized carbons (Fsp3) is 0.769. The van der Waals surface area contributed by atoms with Gasteiger partial charge in [-0.1, -0.05) is 20.8 Å². The van der Waals surface area contributed by atoms with Crippen LogP contribution in [0.4, 0.5) is 11.9 Å². The second-order valence-corrected chi connectivity index (χ2v) is 6.56. The van der Waals surface area contributed by atoms with Crippen molar-refractivity contribution in [1.29, 1.82) is 0 Å². The van der Waals surface area contributed by atoms with E-state index in [9.17, 15) is 0 Å². The maximum Gasteiger partial charge on any atom is 0.231 e. The Morgan fingerprint density at radius 2 is 1.85 bits per heavy atom. The summed E-state index contributed by atoms with van der Waals surface area (Å²) in [6.07, 6.45) is 0. The number of rotatable bonds is 3. The third kappa shape index (κ3) is 4.18. The van der Waals surface area contributed by atoms with Gasteiger partial charge in [0.25, 0.3) is 0 Å². The average molecular weight is 300 g/mol. The van der Waals surface area contributed by atoms with Crippen LogP contribution in [-0.2, 0) is 4.74 Å². The molecule has 1 aromatic rings. The fourth-order valence-electron chi connectivity index (χ4n) is 2.19. The van der Waals surface area contributed by atoms with Gasteiger partial charge in [-0.15, -0.1) is 0 Å². The van der Waals surface area contributed by atoms with Crippen LogP contribution in [0.3, 0.4) is 0 Å². The van der Waals surface area contributed by atoms with E-state index >= 15 is 0 Å². The molecule has 0 bridgehead atoms. The molecule has 0 atom stereocenters. The molecule has 2 heterocycles. The first-order valence-electron chi connectivity index (χ1n) is 6.80. The van der Waals surface area contributed by atoms with E-state index in [-0.39, 0.29) is 10.7 Å². The Kier molecular flexibility index (Phi) is 4.65. The van der Waals surface area contributed by atoms with E-state index in [0.717, 1.165) is 19.6 Å². The van der Waals surface area contributed by atoms with E-state index in [2.05, 4.69) is 40.6 Å². The molecule has 20 heavy (non-hydrogen) atoms. The highest BCUT2D eigenvalue weighted by molar-refractivity contribution is 6.28. The number of hydrogen-bond donors (Lipinski definition) is 0. The van der Waals surface area contributed by atoms with Crippen LogP contribution < -0.4 is 9.80 Å². The summed E-state index contributed by atoms with van der Waals surface area (Å²) >= 11 is 6.04. The Morgan fingerprint density at radius 3 is 2.45 bits per heavy atom. The van der Waals surface area contributed by atoms with Crippen LogP contribution in [0.1, 0.15) is 20.8 Å². The molecule has 0 N–H and O–H groups in total. The molecule has 0 amide bonds. The van der Waals surface area contributed by atoms with Gasteiger partial charge < -0.3 is 14.5 Å². The van der Waals surface area contributed by atoms with Gasteiger partial charge in [0.1, 0.15) is 0 Å². The number of ether oxygens (including phenoxy) is 1. The maximum absolute atomic E-state index is 6.04. The van der Waals surface area contributed by atoms with Crippen molar-refractivity contribution in [2.24, 2.45) is 5.41 Å². The van der Waals surface area contributed by atoms with Gasteiger partial charge in [0.2, 0.25) is 17.2 Å². The number of nitrogens with zero attached hydrogens (tertiary/aromatic N) is 5. The summed E-state index contributed by atoms with van der Waals surface area (Å²) in [4.78, 5) is 17.1. The van der Waals surface area contributed by atoms with E-state index in [0.29, 0.717) is 25.1 Å². The highest BCUT2D eigenvalue weighted by Gasteiger charge is 2.20. The molecule has 0 radical (unpaired) electrons. The van der Waals surface area contributed by atoms with Crippen molar-refractivity contribution in [2.75, 3.05) is 49.7 Å². The minimum absolute atomic E-state index is 0.160. The highest BCUT2D eigenvalue weighted by atomic mass is 35.5. The first-order valence-corrected chi connectivity index (χ1v) is 7.18. The third-order valence-corrected chi connectivity index (χ3v) is 3.10. The Balaban J connectivity index is 2.19. The van der Waals surface area contributed by atoms with Gasteiger partial charge in [0.05, 0.1) is 13.2 Å². The van der Waals surface area contributed by atoms with E-state index in [4.69, 9.17) is 16.3 Å². The standard InChI is InChI=1S/C13H22ClN5O/c1-13(2,3)9-18(4)11-15-10(14)16-12(17-11)19-5-7-20-8-6-19/h5-9H2,1-4H3. The normalized spacial score (nSPS) is 16.4. The maximum atomic E-state index is 6.04. The SMILES string of the molecule is CN(CC(C)(C)C)c1nc(Cl)nc(N2CCOCC2)n1. The Bertz CT molecular complexity index is 457. The molecular weight excluding hydrogens is 278 g/mol. The first kappa shape index (κ1) is 15.3. The molecule has 1 aliphatic rings. The number of morpholine rings is 1. The highest BCUT2D eigenvalue weighted by Crippen LogP contribution is 2.20. The second kappa shape index (κ2) is 6.10. The molecule has 0 unspecified atom stereocenters. The van der Waals surface area contributed by atoms with E-state index < -0.39 is 0 Å². The lowest BCUT2D eigenvalue weighted by molar-refractivity contribution is 0.122. The van der Waals surface area contributed by atoms with Crippen LogP contribution in [0, 0.1) is 5.41 Å². The molecule has 0 aliphatic carbocycles. The lowest BCUT2D eigenvalue weighted by Gasteiger charge is -2.29. The molecule has 1 aromatic heterocycles. The topological polar surface area (TPSA) is 54.4 Å². The van der Waals surface area contributed by atoms with E-state index in [1.807, 2.05) is 11.9 Å². The Labute approximate surface area is 125 Å². The molecule has 1 aliphatic heterocycles. The van der Waals surface area contributed by atoms with Gasteiger partial charge in [-0.05, 0) is 17.0 Å². The Hall–Kier alpha value is -1.14. The smallest absolute Gasteiger partial charge is 0.231 e. The molecule has 112 valence electrons. The quantitative estimate of drug-likeness (QED) is 0.849. The van der Waals surface area contributed by atoms with E-state index in [1.54, 1.807) is 0 Å². The minimum Gasteiger partial charge on any atom is -0.378 e. The largest absolute Gasteiger partial charge is 0.378 e. The molecule has 1 fully saturated rings. The van der Waals surface area contributed by atoms with Crippen LogP contribution in [0.25, 0.3) is 0 Å². The molecule has 0 aromatic carbocycles. The van der Waals surface area contributed by atoms with Crippen molar-refractivity contribution in [3.8, 4) is 0 Å². The second-order valence-electron chi connectivity index (χ2n) is 6.22. The number of halogens is 1. The predicted molar refractivity (Wildman–Crippen MR) is 80.6 cm³/mol. The molecule has 2 rings (SSSR count). The zero-order valence-corrected chi connectivity index (χ0v) is 13.3. The van der Waals surface area contributed by atoms with Crippen molar-refractivity contribution in [2.45, 2.75) is 20.8 Å². The molecule has 0 saturated carbocycles. The van der Waals surface area contributed by atoms with Crippen LogP contribution >= 0.6 is 11.6 Å². The van der Waals surface area contributed by atoms with Crippen molar-refractivity contribution >= 4 is 23.5 Å². The number of aromatic nitrogens is 3. The summed E-state index contributed by atoms with van der Waals surface area (Å²) in [5.74, 6) is 1.24. The van der Waals surface area contributed by atoms with Crippen LogP contribution in [-0.4, -0.2) is 54.8 Å². The summed E-state index contributed by atoms with van der Waals surface area (Å²) in [6, 6.07) is 0. The summed E-state index contributed by atoms with van der Waals surface area (Å²) in [6.45, 7) is 10.3. The lowest BCUT2D eigenvalue weighted by Crippen LogP contribution is -2.38. The lowest BCUT2D eigenvalue weighted by atomic mass is 9.96. The van der Waals surface area contributed by atoms with Crippen molar-refractivity contribution in [3.05, 3.63) is 5.28 Å². The zero-order chi connectivity index (χ0) is 14.8. The fourth-order valence-corrected chi connectivity index (χ4v) is 2.34. The summed E-state index contributed by atoms with van der Waals surface area (Å²) in [7, 11) is 1.97. The minimum atomic E-state index is 0.160. The van der Waals surface area contributed by atoms with Gasteiger partial charge in [0, 0.05) is 26.7 Å². The summed E-state index contributed by atoms with van der Waals surface area (Å²) in [5, 5.41) is 0.234. The van der Waals surface area contributed by atoms with Crippen LogP contribution in [0.2, 0.25) is 5.28 Å². The van der Waals surface area contributed by atoms with Crippen LogP contribution in [0.5, 0.6) is 0 Å². The van der Waals surface area contributed by atoms with Crippen molar-refractivity contribution in [3.63, 3.8) is 0 Å². The van der Waals surface area contributed by atoms with Crippen molar-refractivity contribution < 1.29 is 4.74 Å². The monoisotopic (exact) mass is 299 g/mol. The molecule has 1 saturated heterocycles.